The molecule has 0 radical (unpaired) electrons. The predicted octanol–water partition coefficient (Wildman–Crippen LogP) is 3.47. The fourth-order valence-electron chi connectivity index (χ4n) is 1.67. The van der Waals surface area contributed by atoms with Gasteiger partial charge in [0.2, 0.25) is 0 Å². The summed E-state index contributed by atoms with van der Waals surface area (Å²) in [5.74, 6) is 0.734. The Morgan fingerprint density at radius 1 is 1.07 bits per heavy atom. The second kappa shape index (κ2) is 4.15. The van der Waals surface area contributed by atoms with Gasteiger partial charge in [0.1, 0.15) is 0 Å². The Balaban J connectivity index is 2.52. The highest BCUT2D eigenvalue weighted by Gasteiger charge is 2.00. The number of nitrogens with zero attached hydrogens (tertiary/aromatic N) is 1. The zero-order chi connectivity index (χ0) is 10.8. The molecule has 0 fully saturated rings. The van der Waals surface area contributed by atoms with Gasteiger partial charge < -0.3 is 4.90 Å². The zero-order valence-electron chi connectivity index (χ0n) is 9.07. The smallest absolute Gasteiger partial charge is 0.0606 e. The molecular formula is C13H15NS. The van der Waals surface area contributed by atoms with E-state index in [-0.39, 0.29) is 0 Å². The molecule has 2 rings (SSSR count). The van der Waals surface area contributed by atoms with Crippen molar-refractivity contribution in [2.24, 2.45) is 0 Å². The Labute approximate surface area is 96.1 Å². The second-order valence-electron chi connectivity index (χ2n) is 3.87. The van der Waals surface area contributed by atoms with Gasteiger partial charge in [0.15, 0.2) is 0 Å². The molecule has 15 heavy (non-hydrogen) atoms. The summed E-state index contributed by atoms with van der Waals surface area (Å²) < 4.78 is 0. The number of hydrogen-bond donors (Lipinski definition) is 1. The largest absolute Gasteiger partial charge is 0.366 e. The average Bonchev–Trinajstić information content (AvgIpc) is 2.27. The zero-order valence-corrected chi connectivity index (χ0v) is 9.96. The van der Waals surface area contributed by atoms with Gasteiger partial charge in [-0.2, -0.15) is 12.6 Å². The Hall–Kier alpha value is -1.15. The first-order chi connectivity index (χ1) is 7.20. The van der Waals surface area contributed by atoms with Crippen molar-refractivity contribution in [2.45, 2.75) is 6.92 Å². The summed E-state index contributed by atoms with van der Waals surface area (Å²) in [6.07, 6.45) is 0. The van der Waals surface area contributed by atoms with Crippen molar-refractivity contribution in [2.75, 3.05) is 17.8 Å². The highest BCUT2D eigenvalue weighted by Crippen LogP contribution is 2.22. The Morgan fingerprint density at radius 3 is 2.47 bits per heavy atom. The maximum Gasteiger partial charge on any atom is 0.0606 e. The summed E-state index contributed by atoms with van der Waals surface area (Å²) in [7, 11) is 2.04. The number of fused-ring (bicyclic) bond motifs is 1. The van der Waals surface area contributed by atoms with Gasteiger partial charge in [-0.3, -0.25) is 0 Å². The van der Waals surface area contributed by atoms with Crippen molar-refractivity contribution in [1.29, 1.82) is 0 Å². The number of aryl methyl sites for hydroxylation is 1. The number of benzene rings is 2. The molecule has 0 aromatic heterocycles. The first-order valence-electron chi connectivity index (χ1n) is 5.03. The molecule has 0 spiro atoms. The lowest BCUT2D eigenvalue weighted by Gasteiger charge is -2.16. The molecule has 2 heteroatoms. The molecule has 2 aromatic rings. The van der Waals surface area contributed by atoms with Crippen LogP contribution in [-0.2, 0) is 0 Å². The van der Waals surface area contributed by atoms with Crippen molar-refractivity contribution >= 4 is 29.1 Å². The molecule has 0 unspecified atom stereocenters. The molecule has 0 aliphatic carbocycles. The van der Waals surface area contributed by atoms with E-state index in [9.17, 15) is 0 Å². The van der Waals surface area contributed by atoms with E-state index in [1.807, 2.05) is 7.05 Å². The van der Waals surface area contributed by atoms with E-state index in [4.69, 9.17) is 0 Å². The standard InChI is InChI=1S/C13H15NS/c1-10-3-4-12-8-13(14(2)9-15)6-5-11(12)7-10/h3-8,15H,9H2,1-2H3. The van der Waals surface area contributed by atoms with Crippen LogP contribution in [0.25, 0.3) is 10.8 Å². The third-order valence-electron chi connectivity index (χ3n) is 2.63. The third kappa shape index (κ3) is 2.10. The van der Waals surface area contributed by atoms with Crippen molar-refractivity contribution in [3.8, 4) is 0 Å². The van der Waals surface area contributed by atoms with Crippen LogP contribution in [0, 0.1) is 6.92 Å². The fraction of sp³-hybridized carbons (Fsp3) is 0.231. The summed E-state index contributed by atoms with van der Waals surface area (Å²) in [4.78, 5) is 2.11. The van der Waals surface area contributed by atoms with Gasteiger partial charge in [0.25, 0.3) is 0 Å². The molecule has 0 heterocycles. The maximum absolute atomic E-state index is 4.26. The minimum Gasteiger partial charge on any atom is -0.366 e. The van der Waals surface area contributed by atoms with E-state index in [0.717, 1.165) is 5.88 Å². The lowest BCUT2D eigenvalue weighted by molar-refractivity contribution is 1.10. The van der Waals surface area contributed by atoms with Gasteiger partial charge in [0.05, 0.1) is 5.88 Å². The quantitative estimate of drug-likeness (QED) is 0.595. The first kappa shape index (κ1) is 10.4. The third-order valence-corrected chi connectivity index (χ3v) is 3.06. The van der Waals surface area contributed by atoms with Crippen LogP contribution in [0.4, 0.5) is 5.69 Å². The second-order valence-corrected chi connectivity index (χ2v) is 4.16. The molecule has 0 N–H and O–H groups in total. The molecule has 0 amide bonds. The predicted molar refractivity (Wildman–Crippen MR) is 70.9 cm³/mol. The number of hydrogen-bond acceptors (Lipinski definition) is 2. The topological polar surface area (TPSA) is 3.24 Å². The molecule has 0 saturated heterocycles. The fourth-order valence-corrected chi connectivity index (χ4v) is 1.83. The summed E-state index contributed by atoms with van der Waals surface area (Å²) in [5, 5.41) is 2.58. The molecule has 0 atom stereocenters. The molecule has 2 aromatic carbocycles. The minimum atomic E-state index is 0.734. The molecule has 0 bridgehead atoms. The highest BCUT2D eigenvalue weighted by atomic mass is 32.1. The minimum absolute atomic E-state index is 0.734. The van der Waals surface area contributed by atoms with Crippen LogP contribution in [0.1, 0.15) is 5.56 Å². The van der Waals surface area contributed by atoms with E-state index >= 15 is 0 Å². The summed E-state index contributed by atoms with van der Waals surface area (Å²) in [6, 6.07) is 13.0. The molecule has 0 saturated carbocycles. The SMILES string of the molecule is Cc1ccc2cc(N(C)CS)ccc2c1. The van der Waals surface area contributed by atoms with Crippen LogP contribution in [0.5, 0.6) is 0 Å². The molecule has 78 valence electrons. The Bertz CT molecular complexity index is 479. The first-order valence-corrected chi connectivity index (χ1v) is 5.66. The Kier molecular flexibility index (Phi) is 2.87. The summed E-state index contributed by atoms with van der Waals surface area (Å²) in [6.45, 7) is 2.12. The maximum atomic E-state index is 4.26. The van der Waals surface area contributed by atoms with Gasteiger partial charge in [-0.15, -0.1) is 0 Å². The van der Waals surface area contributed by atoms with Crippen LogP contribution >= 0.6 is 12.6 Å². The monoisotopic (exact) mass is 217 g/mol. The van der Waals surface area contributed by atoms with Gasteiger partial charge in [-0.25, -0.2) is 0 Å². The van der Waals surface area contributed by atoms with Crippen molar-refractivity contribution in [1.82, 2.24) is 0 Å². The van der Waals surface area contributed by atoms with E-state index < -0.39 is 0 Å². The van der Waals surface area contributed by atoms with E-state index in [2.05, 4.69) is 60.9 Å². The Morgan fingerprint density at radius 2 is 1.73 bits per heavy atom. The van der Waals surface area contributed by atoms with Gasteiger partial charge in [-0.05, 0) is 29.8 Å². The summed E-state index contributed by atoms with van der Waals surface area (Å²) >= 11 is 4.26. The van der Waals surface area contributed by atoms with E-state index in [1.165, 1.54) is 22.0 Å². The van der Waals surface area contributed by atoms with Crippen LogP contribution in [0.2, 0.25) is 0 Å². The average molecular weight is 217 g/mol. The van der Waals surface area contributed by atoms with Crippen LogP contribution in [0.3, 0.4) is 0 Å². The van der Waals surface area contributed by atoms with Crippen LogP contribution in [0.15, 0.2) is 36.4 Å². The van der Waals surface area contributed by atoms with E-state index in [0.29, 0.717) is 0 Å². The number of thiol groups is 1. The van der Waals surface area contributed by atoms with Crippen LogP contribution < -0.4 is 4.90 Å². The van der Waals surface area contributed by atoms with Crippen molar-refractivity contribution < 1.29 is 0 Å². The normalized spacial score (nSPS) is 10.6. The molecule has 1 nitrogen and oxygen atoms in total. The molecule has 0 aliphatic heterocycles. The van der Waals surface area contributed by atoms with Crippen LogP contribution in [-0.4, -0.2) is 12.9 Å². The lowest BCUT2D eigenvalue weighted by atomic mass is 10.1. The van der Waals surface area contributed by atoms with Gasteiger partial charge in [0, 0.05) is 12.7 Å². The van der Waals surface area contributed by atoms with Gasteiger partial charge in [-0.1, -0.05) is 29.8 Å². The van der Waals surface area contributed by atoms with Gasteiger partial charge >= 0.3 is 0 Å². The summed E-state index contributed by atoms with van der Waals surface area (Å²) in [5.41, 5.74) is 2.51. The van der Waals surface area contributed by atoms with Crippen molar-refractivity contribution in [3.63, 3.8) is 0 Å². The molecular weight excluding hydrogens is 202 g/mol. The highest BCUT2D eigenvalue weighted by molar-refractivity contribution is 7.80. The number of rotatable bonds is 2. The molecule has 0 aliphatic rings. The van der Waals surface area contributed by atoms with Crippen molar-refractivity contribution in [3.05, 3.63) is 42.0 Å². The lowest BCUT2D eigenvalue weighted by Crippen LogP contribution is -2.13. The number of anilines is 1. The van der Waals surface area contributed by atoms with E-state index in [1.54, 1.807) is 0 Å².